The van der Waals surface area contributed by atoms with Crippen LogP contribution >= 0.6 is 12.6 Å². The summed E-state index contributed by atoms with van der Waals surface area (Å²) in [5.74, 6) is 2.24. The van der Waals surface area contributed by atoms with Gasteiger partial charge in [-0.3, -0.25) is 4.98 Å². The van der Waals surface area contributed by atoms with Crippen LogP contribution in [0.1, 0.15) is 16.7 Å². The second-order valence-corrected chi connectivity index (χ2v) is 5.21. The molecule has 2 aromatic heterocycles. The number of rotatable bonds is 3. The highest BCUT2D eigenvalue weighted by atomic mass is 32.1. The van der Waals surface area contributed by atoms with Crippen LogP contribution in [0.3, 0.4) is 0 Å². The molecule has 0 spiro atoms. The van der Waals surface area contributed by atoms with Crippen LogP contribution in [-0.4, -0.2) is 22.0 Å². The Morgan fingerprint density at radius 1 is 1.00 bits per heavy atom. The molecule has 7 heteroatoms. The summed E-state index contributed by atoms with van der Waals surface area (Å²) in [6.07, 6.45) is 3.40. The van der Waals surface area contributed by atoms with Crippen LogP contribution in [0.2, 0.25) is 0 Å². The molecule has 0 radical (unpaired) electrons. The Kier molecular flexibility index (Phi) is 3.19. The third-order valence-electron chi connectivity index (χ3n) is 3.32. The summed E-state index contributed by atoms with van der Waals surface area (Å²) in [6.45, 7) is 0.231. The molecule has 1 atom stereocenters. The Morgan fingerprint density at radius 2 is 1.82 bits per heavy atom. The van der Waals surface area contributed by atoms with Crippen LogP contribution in [0, 0.1) is 0 Å². The normalized spacial score (nSPS) is 14.0. The smallest absolute Gasteiger partial charge is 0.247 e. The summed E-state index contributed by atoms with van der Waals surface area (Å²) < 4.78 is 16.4. The summed E-state index contributed by atoms with van der Waals surface area (Å²) in [7, 11) is 0. The minimum atomic E-state index is -0.293. The minimum Gasteiger partial charge on any atom is -0.454 e. The molecule has 0 saturated heterocycles. The van der Waals surface area contributed by atoms with Gasteiger partial charge in [0, 0.05) is 18.0 Å². The Morgan fingerprint density at radius 3 is 2.68 bits per heavy atom. The van der Waals surface area contributed by atoms with Gasteiger partial charge in [0.2, 0.25) is 18.6 Å². The van der Waals surface area contributed by atoms with Gasteiger partial charge >= 0.3 is 0 Å². The van der Waals surface area contributed by atoms with Crippen molar-refractivity contribution in [2.75, 3.05) is 6.79 Å². The van der Waals surface area contributed by atoms with Gasteiger partial charge in [0.15, 0.2) is 11.5 Å². The topological polar surface area (TPSA) is 70.3 Å². The SMILES string of the molecule is SC(c1ccncc1)c1nnc(-c2ccc3c(c2)OCO3)o1. The molecule has 0 aliphatic carbocycles. The number of fused-ring (bicyclic) bond motifs is 1. The average Bonchev–Trinajstić information content (AvgIpc) is 3.23. The number of hydrogen-bond donors (Lipinski definition) is 1. The number of nitrogens with zero attached hydrogens (tertiary/aromatic N) is 3. The van der Waals surface area contributed by atoms with E-state index in [1.165, 1.54) is 0 Å². The number of thiol groups is 1. The number of pyridine rings is 1. The van der Waals surface area contributed by atoms with E-state index in [9.17, 15) is 0 Å². The largest absolute Gasteiger partial charge is 0.454 e. The Bertz CT molecular complexity index is 807. The third kappa shape index (κ3) is 2.29. The van der Waals surface area contributed by atoms with E-state index in [2.05, 4.69) is 27.8 Å². The maximum atomic E-state index is 5.73. The molecule has 0 saturated carbocycles. The highest BCUT2D eigenvalue weighted by Gasteiger charge is 2.20. The second-order valence-electron chi connectivity index (χ2n) is 4.70. The van der Waals surface area contributed by atoms with Gasteiger partial charge in [-0.2, -0.15) is 12.6 Å². The van der Waals surface area contributed by atoms with Crippen molar-refractivity contribution in [3.63, 3.8) is 0 Å². The Hall–Kier alpha value is -2.54. The first-order valence-electron chi connectivity index (χ1n) is 6.63. The van der Waals surface area contributed by atoms with Gasteiger partial charge in [0.25, 0.3) is 0 Å². The fourth-order valence-corrected chi connectivity index (χ4v) is 2.46. The van der Waals surface area contributed by atoms with Gasteiger partial charge in [-0.15, -0.1) is 10.2 Å². The van der Waals surface area contributed by atoms with Crippen LogP contribution in [0.15, 0.2) is 47.1 Å². The summed E-state index contributed by atoms with van der Waals surface area (Å²) >= 11 is 4.53. The lowest BCUT2D eigenvalue weighted by Crippen LogP contribution is -1.93. The molecule has 4 rings (SSSR count). The van der Waals surface area contributed by atoms with Crippen molar-refractivity contribution in [1.29, 1.82) is 0 Å². The van der Waals surface area contributed by atoms with Crippen LogP contribution < -0.4 is 9.47 Å². The van der Waals surface area contributed by atoms with E-state index in [0.29, 0.717) is 23.3 Å². The minimum absolute atomic E-state index is 0.231. The van der Waals surface area contributed by atoms with E-state index < -0.39 is 0 Å². The van der Waals surface area contributed by atoms with Gasteiger partial charge in [-0.1, -0.05) is 0 Å². The van der Waals surface area contributed by atoms with Gasteiger partial charge in [0.05, 0.1) is 0 Å². The lowest BCUT2D eigenvalue weighted by Gasteiger charge is -2.05. The van der Waals surface area contributed by atoms with Crippen molar-refractivity contribution in [2.45, 2.75) is 5.25 Å². The molecule has 1 aliphatic heterocycles. The molecule has 1 aromatic carbocycles. The first-order valence-corrected chi connectivity index (χ1v) is 7.14. The van der Waals surface area contributed by atoms with Crippen molar-refractivity contribution in [3.8, 4) is 23.0 Å². The molecule has 22 heavy (non-hydrogen) atoms. The second kappa shape index (κ2) is 5.34. The Balaban J connectivity index is 1.64. The molecule has 1 unspecified atom stereocenters. The molecule has 0 bridgehead atoms. The van der Waals surface area contributed by atoms with Crippen molar-refractivity contribution >= 4 is 12.6 Å². The van der Waals surface area contributed by atoms with E-state index in [4.69, 9.17) is 13.9 Å². The van der Waals surface area contributed by atoms with Gasteiger partial charge < -0.3 is 13.9 Å². The van der Waals surface area contributed by atoms with Crippen molar-refractivity contribution in [3.05, 3.63) is 54.2 Å². The lowest BCUT2D eigenvalue weighted by atomic mass is 10.2. The first-order chi connectivity index (χ1) is 10.8. The van der Waals surface area contributed by atoms with Crippen molar-refractivity contribution in [1.82, 2.24) is 15.2 Å². The van der Waals surface area contributed by atoms with E-state index in [-0.39, 0.29) is 12.0 Å². The fourth-order valence-electron chi connectivity index (χ4n) is 2.18. The summed E-state index contributed by atoms with van der Waals surface area (Å²) in [5.41, 5.74) is 1.72. The van der Waals surface area contributed by atoms with E-state index >= 15 is 0 Å². The molecular formula is C15H11N3O3S. The van der Waals surface area contributed by atoms with Crippen LogP contribution in [0.5, 0.6) is 11.5 Å². The zero-order valence-corrected chi connectivity index (χ0v) is 12.2. The summed E-state index contributed by atoms with van der Waals surface area (Å²) in [6, 6.07) is 9.22. The standard InChI is InChI=1S/C15H11N3O3S/c22-13(9-3-5-16-6-4-9)15-18-17-14(21-15)10-1-2-11-12(7-10)20-8-19-11/h1-7,13,22H,8H2. The predicted octanol–water partition coefficient (Wildman–Crippen LogP) is 2.88. The van der Waals surface area contributed by atoms with Gasteiger partial charge in [-0.25, -0.2) is 0 Å². The van der Waals surface area contributed by atoms with Crippen LogP contribution in [0.25, 0.3) is 11.5 Å². The highest BCUT2D eigenvalue weighted by molar-refractivity contribution is 7.80. The van der Waals surface area contributed by atoms with Gasteiger partial charge in [0.1, 0.15) is 5.25 Å². The van der Waals surface area contributed by atoms with Gasteiger partial charge in [-0.05, 0) is 35.9 Å². The maximum absolute atomic E-state index is 5.73. The van der Waals surface area contributed by atoms with Crippen LogP contribution in [-0.2, 0) is 0 Å². The number of benzene rings is 1. The van der Waals surface area contributed by atoms with E-state index in [1.54, 1.807) is 12.4 Å². The van der Waals surface area contributed by atoms with Crippen molar-refractivity contribution < 1.29 is 13.9 Å². The lowest BCUT2D eigenvalue weighted by molar-refractivity contribution is 0.174. The number of aromatic nitrogens is 3. The molecule has 6 nitrogen and oxygen atoms in total. The number of ether oxygens (including phenoxy) is 2. The monoisotopic (exact) mass is 313 g/mol. The molecule has 110 valence electrons. The zero-order chi connectivity index (χ0) is 14.9. The fraction of sp³-hybridized carbons (Fsp3) is 0.133. The third-order valence-corrected chi connectivity index (χ3v) is 3.83. The highest BCUT2D eigenvalue weighted by Crippen LogP contribution is 2.36. The average molecular weight is 313 g/mol. The van der Waals surface area contributed by atoms with E-state index in [1.807, 2.05) is 30.3 Å². The molecule has 3 aromatic rings. The van der Waals surface area contributed by atoms with Crippen LogP contribution in [0.4, 0.5) is 0 Å². The maximum Gasteiger partial charge on any atom is 0.247 e. The van der Waals surface area contributed by atoms with E-state index in [0.717, 1.165) is 11.1 Å². The molecule has 3 heterocycles. The Labute approximate surface area is 131 Å². The summed E-state index contributed by atoms with van der Waals surface area (Å²) in [4.78, 5) is 3.98. The first kappa shape index (κ1) is 13.1. The van der Waals surface area contributed by atoms with Crippen molar-refractivity contribution in [2.24, 2.45) is 0 Å². The number of hydrogen-bond acceptors (Lipinski definition) is 7. The molecule has 0 amide bonds. The molecular weight excluding hydrogens is 302 g/mol. The molecule has 0 fully saturated rings. The molecule has 0 N–H and O–H groups in total. The molecule has 1 aliphatic rings. The zero-order valence-electron chi connectivity index (χ0n) is 11.3. The summed E-state index contributed by atoms with van der Waals surface area (Å²) in [5, 5.41) is 7.86. The predicted molar refractivity (Wildman–Crippen MR) is 80.9 cm³/mol. The quantitative estimate of drug-likeness (QED) is 0.750.